The second-order valence-corrected chi connectivity index (χ2v) is 13.5. The number of aldehydes is 1. The number of rotatable bonds is 7. The molecule has 0 radical (unpaired) electrons. The van der Waals surface area contributed by atoms with E-state index < -0.39 is 5.60 Å². The molecular weight excluding hydrogens is 436 g/mol. The van der Waals surface area contributed by atoms with Crippen LogP contribution in [0.4, 0.5) is 0 Å². The zero-order valence-corrected chi connectivity index (χ0v) is 23.3. The Morgan fingerprint density at radius 3 is 2.40 bits per heavy atom. The maximum absolute atomic E-state index is 12.7. The maximum atomic E-state index is 12.7. The van der Waals surface area contributed by atoms with Crippen molar-refractivity contribution in [2.24, 2.45) is 52.3 Å². The van der Waals surface area contributed by atoms with E-state index in [0.717, 1.165) is 25.5 Å². The summed E-state index contributed by atoms with van der Waals surface area (Å²) in [6.07, 6.45) is 12.3. The molecule has 0 spiro atoms. The molecule has 0 saturated heterocycles. The Morgan fingerprint density at radius 2 is 1.80 bits per heavy atom. The molecule has 35 heavy (non-hydrogen) atoms. The molecule has 198 valence electrons. The molecule has 10 unspecified atom stereocenters. The van der Waals surface area contributed by atoms with Crippen LogP contribution in [0.15, 0.2) is 11.6 Å². The molecule has 0 aromatic carbocycles. The summed E-state index contributed by atoms with van der Waals surface area (Å²) in [5.41, 5.74) is 0.461. The Kier molecular flexibility index (Phi) is 7.39. The zero-order valence-electron chi connectivity index (χ0n) is 23.3. The van der Waals surface area contributed by atoms with Crippen LogP contribution in [0.2, 0.25) is 0 Å². The van der Waals surface area contributed by atoms with Gasteiger partial charge in [-0.1, -0.05) is 46.3 Å². The maximum Gasteiger partial charge on any atom is 0.302 e. The lowest BCUT2D eigenvalue weighted by Crippen LogP contribution is -2.55. The van der Waals surface area contributed by atoms with E-state index in [0.29, 0.717) is 36.0 Å². The van der Waals surface area contributed by atoms with E-state index in [1.165, 1.54) is 39.0 Å². The van der Waals surface area contributed by atoms with Gasteiger partial charge in [-0.25, -0.2) is 0 Å². The summed E-state index contributed by atoms with van der Waals surface area (Å²) < 4.78 is 5.56. The summed E-state index contributed by atoms with van der Waals surface area (Å²) in [4.78, 5) is 24.4. The molecule has 0 heterocycles. The molecule has 1 N–H and O–H groups in total. The largest absolute Gasteiger partial charge is 0.462 e. The van der Waals surface area contributed by atoms with Crippen molar-refractivity contribution >= 4 is 12.3 Å². The average Bonchev–Trinajstić information content (AvgIpc) is 3.22. The molecule has 4 saturated carbocycles. The first-order chi connectivity index (χ1) is 16.4. The van der Waals surface area contributed by atoms with Gasteiger partial charge in [0.1, 0.15) is 12.4 Å². The number of aliphatic hydroxyl groups is 1. The standard InChI is InChI=1S/C31H50O4/c1-8-22(19(2)3)10-9-20(4)24-11-12-25-28-26(14-15-29(24,25)6)30(7)16-13-23(35-21(5)33)17-31(30,34)27(28)18-32/h8,18-20,23-28,34H,9-17H2,1-7H3. The number of ether oxygens (including phenoxy) is 1. The molecule has 0 aromatic rings. The van der Waals surface area contributed by atoms with E-state index in [4.69, 9.17) is 4.74 Å². The average molecular weight is 487 g/mol. The highest BCUT2D eigenvalue weighted by molar-refractivity contribution is 5.66. The van der Waals surface area contributed by atoms with E-state index in [9.17, 15) is 14.7 Å². The summed E-state index contributed by atoms with van der Waals surface area (Å²) in [6, 6.07) is 0. The third-order valence-corrected chi connectivity index (χ3v) is 11.9. The first-order valence-corrected chi connectivity index (χ1v) is 14.4. The van der Waals surface area contributed by atoms with Gasteiger partial charge in [0.2, 0.25) is 0 Å². The molecule has 4 aliphatic carbocycles. The van der Waals surface area contributed by atoms with Crippen LogP contribution in [0, 0.1) is 52.3 Å². The van der Waals surface area contributed by atoms with Gasteiger partial charge < -0.3 is 14.6 Å². The van der Waals surface area contributed by atoms with Crippen molar-refractivity contribution < 1.29 is 19.4 Å². The number of hydrogen-bond donors (Lipinski definition) is 1. The minimum Gasteiger partial charge on any atom is -0.462 e. The van der Waals surface area contributed by atoms with Crippen molar-refractivity contribution in [2.45, 2.75) is 118 Å². The van der Waals surface area contributed by atoms with Crippen LogP contribution in [-0.4, -0.2) is 29.1 Å². The van der Waals surface area contributed by atoms with Crippen molar-refractivity contribution in [3.63, 3.8) is 0 Å². The molecule has 10 atom stereocenters. The third kappa shape index (κ3) is 4.14. The fourth-order valence-corrected chi connectivity index (χ4v) is 10.0. The monoisotopic (exact) mass is 486 g/mol. The number of carbonyl (C=O) groups is 2. The molecule has 4 nitrogen and oxygen atoms in total. The quantitative estimate of drug-likeness (QED) is 0.246. The van der Waals surface area contributed by atoms with Crippen LogP contribution < -0.4 is 0 Å². The summed E-state index contributed by atoms with van der Waals surface area (Å²) in [7, 11) is 0. The van der Waals surface area contributed by atoms with Gasteiger partial charge in [-0.15, -0.1) is 0 Å². The summed E-state index contributed by atoms with van der Waals surface area (Å²) in [5, 5.41) is 12.2. The van der Waals surface area contributed by atoms with Crippen molar-refractivity contribution in [1.29, 1.82) is 0 Å². The highest BCUT2D eigenvalue weighted by Gasteiger charge is 2.72. The normalized spacial score (nSPS) is 46.0. The minimum absolute atomic E-state index is 0.241. The number of carbonyl (C=O) groups excluding carboxylic acids is 2. The summed E-state index contributed by atoms with van der Waals surface area (Å²) >= 11 is 0. The van der Waals surface area contributed by atoms with Gasteiger partial charge in [0.05, 0.1) is 5.60 Å². The topological polar surface area (TPSA) is 63.6 Å². The smallest absolute Gasteiger partial charge is 0.302 e. The predicted octanol–water partition coefficient (Wildman–Crippen LogP) is 6.75. The first kappa shape index (κ1) is 26.9. The second kappa shape index (κ2) is 9.62. The lowest BCUT2D eigenvalue weighted by atomic mass is 9.53. The van der Waals surface area contributed by atoms with Crippen molar-refractivity contribution in [2.75, 3.05) is 0 Å². The number of allylic oxidation sites excluding steroid dienone is 2. The molecule has 4 rings (SSSR count). The fourth-order valence-electron chi connectivity index (χ4n) is 10.0. The van der Waals surface area contributed by atoms with Gasteiger partial charge in [0.25, 0.3) is 0 Å². The SMILES string of the molecule is CC=C(CCC(C)C1CCC2C3C(CCC12C)C1(C)CCC(OC(C)=O)CC1(O)C3C=O)C(C)C. The van der Waals surface area contributed by atoms with E-state index >= 15 is 0 Å². The molecule has 0 amide bonds. The van der Waals surface area contributed by atoms with E-state index in [1.54, 1.807) is 5.57 Å². The molecule has 4 fully saturated rings. The highest BCUT2D eigenvalue weighted by Crippen LogP contribution is 2.73. The second-order valence-electron chi connectivity index (χ2n) is 13.5. The van der Waals surface area contributed by atoms with Gasteiger partial charge in [-0.3, -0.25) is 4.79 Å². The first-order valence-electron chi connectivity index (χ1n) is 14.4. The van der Waals surface area contributed by atoms with Gasteiger partial charge in [0, 0.05) is 24.7 Å². The highest BCUT2D eigenvalue weighted by atomic mass is 16.5. The van der Waals surface area contributed by atoms with Gasteiger partial charge in [-0.05, 0) is 99.2 Å². The van der Waals surface area contributed by atoms with E-state index in [1.807, 2.05) is 0 Å². The van der Waals surface area contributed by atoms with E-state index in [2.05, 4.69) is 47.6 Å². The van der Waals surface area contributed by atoms with Gasteiger partial charge >= 0.3 is 5.97 Å². The van der Waals surface area contributed by atoms with Crippen LogP contribution >= 0.6 is 0 Å². The van der Waals surface area contributed by atoms with Crippen molar-refractivity contribution in [1.82, 2.24) is 0 Å². The van der Waals surface area contributed by atoms with Crippen LogP contribution in [0.1, 0.15) is 106 Å². The van der Waals surface area contributed by atoms with Crippen LogP contribution in [0.3, 0.4) is 0 Å². The van der Waals surface area contributed by atoms with Crippen LogP contribution in [0.5, 0.6) is 0 Å². The Bertz CT molecular complexity index is 847. The van der Waals surface area contributed by atoms with E-state index in [-0.39, 0.29) is 34.7 Å². The Morgan fingerprint density at radius 1 is 1.09 bits per heavy atom. The van der Waals surface area contributed by atoms with Crippen molar-refractivity contribution in [3.05, 3.63) is 11.6 Å². The number of hydrogen-bond acceptors (Lipinski definition) is 4. The molecular formula is C31H50O4. The molecule has 4 heteroatoms. The lowest BCUT2D eigenvalue weighted by molar-refractivity contribution is -0.174. The molecule has 0 aliphatic heterocycles. The Balaban J connectivity index is 1.57. The number of fused-ring (bicyclic) bond motifs is 5. The molecule has 4 aliphatic rings. The molecule has 0 bridgehead atoms. The molecule has 0 aromatic heterocycles. The third-order valence-electron chi connectivity index (χ3n) is 11.9. The van der Waals surface area contributed by atoms with Crippen molar-refractivity contribution in [3.8, 4) is 0 Å². The zero-order chi connectivity index (χ0) is 25.8. The number of esters is 1. The predicted molar refractivity (Wildman–Crippen MR) is 140 cm³/mol. The summed E-state index contributed by atoms with van der Waals surface area (Å²) in [5.74, 6) is 2.44. The van der Waals surface area contributed by atoms with Crippen LogP contribution in [-0.2, 0) is 14.3 Å². The van der Waals surface area contributed by atoms with Gasteiger partial charge in [-0.2, -0.15) is 0 Å². The minimum atomic E-state index is -1.07. The van der Waals surface area contributed by atoms with Gasteiger partial charge in [0.15, 0.2) is 0 Å². The van der Waals surface area contributed by atoms with Crippen LogP contribution in [0.25, 0.3) is 0 Å². The summed E-state index contributed by atoms with van der Waals surface area (Å²) in [6.45, 7) is 15.4. The Labute approximate surface area is 213 Å². The Hall–Kier alpha value is -1.16. The lowest BCUT2D eigenvalue weighted by Gasteiger charge is -2.52. The fraction of sp³-hybridized carbons (Fsp3) is 0.871.